The van der Waals surface area contributed by atoms with Gasteiger partial charge in [0.2, 0.25) is 5.91 Å². The van der Waals surface area contributed by atoms with Crippen LogP contribution in [0.25, 0.3) is 10.2 Å². The third kappa shape index (κ3) is 4.50. The molecule has 0 saturated carbocycles. The first-order chi connectivity index (χ1) is 12.9. The Balaban J connectivity index is 1.69. The van der Waals surface area contributed by atoms with Crippen molar-refractivity contribution in [3.8, 4) is 0 Å². The number of nitrogens with zero attached hydrogens (tertiary/aromatic N) is 2. The molecule has 0 aliphatic rings. The van der Waals surface area contributed by atoms with Crippen LogP contribution in [0.3, 0.4) is 0 Å². The molecule has 0 bridgehead atoms. The molecule has 3 aromatic rings. The molecule has 0 radical (unpaired) electrons. The number of fused-ring (bicyclic) bond motifs is 1. The Morgan fingerprint density at radius 2 is 1.85 bits per heavy atom. The third-order valence-corrected chi connectivity index (χ3v) is 6.90. The monoisotopic (exact) mass is 399 g/mol. The number of thiophene rings is 1. The van der Waals surface area contributed by atoms with E-state index in [4.69, 9.17) is 0 Å². The van der Waals surface area contributed by atoms with Crippen LogP contribution in [-0.4, -0.2) is 27.7 Å². The van der Waals surface area contributed by atoms with Gasteiger partial charge < -0.3 is 5.32 Å². The summed E-state index contributed by atoms with van der Waals surface area (Å²) in [5, 5.41) is 4.85. The summed E-state index contributed by atoms with van der Waals surface area (Å²) in [6.45, 7) is 10.8. The fourth-order valence-electron chi connectivity index (χ4n) is 2.92. The van der Waals surface area contributed by atoms with Gasteiger partial charge in [0.1, 0.15) is 15.7 Å². The average Bonchev–Trinajstić information content (AvgIpc) is 2.93. The molecule has 27 heavy (non-hydrogen) atoms. The van der Waals surface area contributed by atoms with Crippen molar-refractivity contribution in [2.45, 2.75) is 50.8 Å². The van der Waals surface area contributed by atoms with Gasteiger partial charge in [-0.3, -0.25) is 4.79 Å². The molecule has 0 aliphatic carbocycles. The van der Waals surface area contributed by atoms with Crippen molar-refractivity contribution in [1.29, 1.82) is 0 Å². The molecule has 2 aromatic heterocycles. The summed E-state index contributed by atoms with van der Waals surface area (Å²) >= 11 is 3.20. The molecule has 142 valence electrons. The molecular weight excluding hydrogens is 374 g/mol. The summed E-state index contributed by atoms with van der Waals surface area (Å²) in [4.78, 5) is 24.1. The van der Waals surface area contributed by atoms with Crippen LogP contribution in [0, 0.1) is 20.8 Å². The maximum absolute atomic E-state index is 12.6. The maximum atomic E-state index is 12.6. The first-order valence-electron chi connectivity index (χ1n) is 9.10. The van der Waals surface area contributed by atoms with E-state index in [0.717, 1.165) is 21.1 Å². The van der Waals surface area contributed by atoms with Gasteiger partial charge in [-0.15, -0.1) is 11.3 Å². The number of carbonyl (C=O) groups excluding carboxylic acids is 1. The van der Waals surface area contributed by atoms with E-state index in [9.17, 15) is 4.79 Å². The van der Waals surface area contributed by atoms with Gasteiger partial charge in [0.25, 0.3) is 0 Å². The first-order valence-corrected chi connectivity index (χ1v) is 10.8. The lowest BCUT2D eigenvalue weighted by Crippen LogP contribution is -2.33. The number of benzene rings is 1. The molecule has 1 aromatic carbocycles. The largest absolute Gasteiger partial charge is 0.355 e. The van der Waals surface area contributed by atoms with Crippen molar-refractivity contribution in [2.75, 3.05) is 6.54 Å². The van der Waals surface area contributed by atoms with Crippen LogP contribution in [0.4, 0.5) is 0 Å². The van der Waals surface area contributed by atoms with Crippen LogP contribution in [0.1, 0.15) is 41.6 Å². The predicted octanol–water partition coefficient (Wildman–Crippen LogP) is 5.02. The van der Waals surface area contributed by atoms with Gasteiger partial charge in [-0.25, -0.2) is 9.97 Å². The number of hydrogen-bond acceptors (Lipinski definition) is 5. The Morgan fingerprint density at radius 3 is 2.56 bits per heavy atom. The number of carbonyl (C=O) groups is 1. The van der Waals surface area contributed by atoms with Crippen molar-refractivity contribution < 1.29 is 4.79 Å². The molecule has 1 N–H and O–H groups in total. The van der Waals surface area contributed by atoms with Gasteiger partial charge >= 0.3 is 0 Å². The van der Waals surface area contributed by atoms with E-state index >= 15 is 0 Å². The second-order valence-corrected chi connectivity index (χ2v) is 9.39. The van der Waals surface area contributed by atoms with E-state index in [2.05, 4.69) is 48.2 Å². The maximum Gasteiger partial charge on any atom is 0.233 e. The molecule has 0 aliphatic heterocycles. The molecule has 0 spiro atoms. The fraction of sp³-hybridized carbons (Fsp3) is 0.381. The van der Waals surface area contributed by atoms with E-state index in [1.54, 1.807) is 11.3 Å². The van der Waals surface area contributed by atoms with Crippen LogP contribution in [0.15, 0.2) is 35.4 Å². The zero-order valence-electron chi connectivity index (χ0n) is 16.4. The fourth-order valence-corrected chi connectivity index (χ4v) is 5.13. The average molecular weight is 400 g/mol. The van der Waals surface area contributed by atoms with Gasteiger partial charge in [-0.2, -0.15) is 0 Å². The normalized spacial score (nSPS) is 13.5. The number of rotatable bonds is 6. The molecule has 0 fully saturated rings. The van der Waals surface area contributed by atoms with Gasteiger partial charge in [-0.05, 0) is 44.7 Å². The molecule has 6 heteroatoms. The minimum atomic E-state index is -0.218. The first kappa shape index (κ1) is 19.8. The van der Waals surface area contributed by atoms with E-state index in [0.29, 0.717) is 6.54 Å². The molecule has 2 heterocycles. The highest BCUT2D eigenvalue weighted by molar-refractivity contribution is 8.00. The topological polar surface area (TPSA) is 54.9 Å². The number of thioether (sulfide) groups is 1. The molecular formula is C21H25N3OS2. The van der Waals surface area contributed by atoms with Crippen LogP contribution < -0.4 is 5.32 Å². The minimum absolute atomic E-state index is 0.0387. The summed E-state index contributed by atoms with van der Waals surface area (Å²) in [6, 6.07) is 10.3. The Morgan fingerprint density at radius 1 is 1.15 bits per heavy atom. The van der Waals surface area contributed by atoms with Gasteiger partial charge in [0.15, 0.2) is 0 Å². The van der Waals surface area contributed by atoms with E-state index in [1.165, 1.54) is 27.8 Å². The number of aryl methyl sites for hydroxylation is 3. The van der Waals surface area contributed by atoms with Crippen molar-refractivity contribution in [3.63, 3.8) is 0 Å². The predicted molar refractivity (Wildman–Crippen MR) is 115 cm³/mol. The van der Waals surface area contributed by atoms with Crippen LogP contribution in [0.5, 0.6) is 0 Å². The van der Waals surface area contributed by atoms with E-state index in [-0.39, 0.29) is 17.1 Å². The summed E-state index contributed by atoms with van der Waals surface area (Å²) in [6.07, 6.45) is 0. The van der Waals surface area contributed by atoms with Crippen LogP contribution in [0.2, 0.25) is 0 Å². The number of aromatic nitrogens is 2. The summed E-state index contributed by atoms with van der Waals surface area (Å²) in [5.41, 5.74) is 2.44. The summed E-state index contributed by atoms with van der Waals surface area (Å²) in [7, 11) is 0. The summed E-state index contributed by atoms with van der Waals surface area (Å²) < 4.78 is 0. The standard InChI is InChI=1S/C21H25N3OS2/c1-12(17-9-7-6-8-10-17)11-22-19(25)15(4)27-21-18-13(2)14(3)26-20(18)23-16(5)24-21/h6-10,12,15H,11H2,1-5H3,(H,22,25)/t12-,15-/m1/s1. The quantitative estimate of drug-likeness (QED) is 0.467. The van der Waals surface area contributed by atoms with Crippen molar-refractivity contribution >= 4 is 39.2 Å². The van der Waals surface area contributed by atoms with Crippen molar-refractivity contribution in [2.24, 2.45) is 0 Å². The highest BCUT2D eigenvalue weighted by Gasteiger charge is 2.20. The molecule has 4 nitrogen and oxygen atoms in total. The highest BCUT2D eigenvalue weighted by Crippen LogP contribution is 2.36. The smallest absolute Gasteiger partial charge is 0.233 e. The minimum Gasteiger partial charge on any atom is -0.355 e. The lowest BCUT2D eigenvalue weighted by atomic mass is 10.0. The van der Waals surface area contributed by atoms with Crippen LogP contribution in [-0.2, 0) is 4.79 Å². The molecule has 0 saturated heterocycles. The lowest BCUT2D eigenvalue weighted by Gasteiger charge is -2.16. The van der Waals surface area contributed by atoms with E-state index < -0.39 is 0 Å². The Hall–Kier alpha value is -1.92. The van der Waals surface area contributed by atoms with E-state index in [1.807, 2.05) is 32.0 Å². The third-order valence-electron chi connectivity index (χ3n) is 4.72. The van der Waals surface area contributed by atoms with Crippen molar-refractivity contribution in [1.82, 2.24) is 15.3 Å². The molecule has 3 rings (SSSR count). The second kappa shape index (κ2) is 8.40. The Kier molecular flexibility index (Phi) is 6.17. The molecule has 0 unspecified atom stereocenters. The molecule has 2 atom stereocenters. The summed E-state index contributed by atoms with van der Waals surface area (Å²) in [5.74, 6) is 1.07. The SMILES string of the molecule is Cc1nc(S[C@H](C)C(=O)NC[C@@H](C)c2ccccc2)c2c(C)c(C)sc2n1. The zero-order valence-corrected chi connectivity index (χ0v) is 18.0. The zero-order chi connectivity index (χ0) is 19.6. The second-order valence-electron chi connectivity index (χ2n) is 6.86. The number of nitrogens with one attached hydrogen (secondary N) is 1. The van der Waals surface area contributed by atoms with Gasteiger partial charge in [0, 0.05) is 16.8 Å². The lowest BCUT2D eigenvalue weighted by molar-refractivity contribution is -0.120. The Labute approximate surface area is 168 Å². The molecule has 1 amide bonds. The van der Waals surface area contributed by atoms with Crippen LogP contribution >= 0.6 is 23.1 Å². The number of amides is 1. The number of hydrogen-bond donors (Lipinski definition) is 1. The highest BCUT2D eigenvalue weighted by atomic mass is 32.2. The Bertz CT molecular complexity index is 953. The van der Waals surface area contributed by atoms with Crippen molar-refractivity contribution in [3.05, 3.63) is 52.2 Å². The van der Waals surface area contributed by atoms with Gasteiger partial charge in [0.05, 0.1) is 5.25 Å². The van der Waals surface area contributed by atoms with Gasteiger partial charge in [-0.1, -0.05) is 49.0 Å².